The maximum Gasteiger partial charge on any atom is 0.252 e. The number of nitrogens with zero attached hydrogens (tertiary/aromatic N) is 2. The zero-order chi connectivity index (χ0) is 20.6. The van der Waals surface area contributed by atoms with E-state index in [-0.39, 0.29) is 5.91 Å². The van der Waals surface area contributed by atoms with Crippen molar-refractivity contribution < 1.29 is 14.4 Å². The third-order valence-electron chi connectivity index (χ3n) is 4.99. The quantitative estimate of drug-likeness (QED) is 0.551. The molecule has 0 fully saturated rings. The smallest absolute Gasteiger partial charge is 0.252 e. The summed E-state index contributed by atoms with van der Waals surface area (Å²) in [5.74, 6) is 0.744. The Bertz CT molecular complexity index is 965. The van der Waals surface area contributed by atoms with Gasteiger partial charge in [-0.05, 0) is 43.7 Å². The number of amides is 1. The van der Waals surface area contributed by atoms with Crippen LogP contribution in [-0.4, -0.2) is 44.2 Å². The molecule has 152 valence electrons. The molecule has 3 rings (SSSR count). The van der Waals surface area contributed by atoms with Gasteiger partial charge in [0.05, 0.1) is 43.5 Å². The average molecular weight is 411 g/mol. The van der Waals surface area contributed by atoms with Crippen LogP contribution in [0.5, 0.6) is 5.75 Å². The predicted octanol–water partition coefficient (Wildman–Crippen LogP) is 3.28. The zero-order valence-corrected chi connectivity index (χ0v) is 18.0. The molecule has 29 heavy (non-hydrogen) atoms. The Kier molecular flexibility index (Phi) is 7.38. The van der Waals surface area contributed by atoms with E-state index >= 15 is 0 Å². The number of carbonyl (C=O) groups excluding carboxylic acids is 1. The van der Waals surface area contributed by atoms with Crippen LogP contribution in [0.25, 0.3) is 16.3 Å². The number of hydrogen-bond acceptors (Lipinski definition) is 4. The number of aromatic nitrogens is 1. The first-order valence-electron chi connectivity index (χ1n) is 9.97. The highest BCUT2D eigenvalue weighted by atomic mass is 32.1. The second-order valence-corrected chi connectivity index (χ2v) is 7.78. The molecule has 3 aromatic rings. The van der Waals surface area contributed by atoms with E-state index in [2.05, 4.69) is 13.8 Å². The van der Waals surface area contributed by atoms with Crippen LogP contribution in [0, 0.1) is 0 Å². The Labute approximate surface area is 176 Å². The molecule has 0 bridgehead atoms. The Morgan fingerprint density at radius 1 is 1.17 bits per heavy atom. The standard InChI is InChI=1S/C23H27N3O2S/c1-4-25(5-2)15-16-26(22(27)14-11-18-9-7-6-8-10-18)23-24-20-13-12-19(28-3)17-21(20)29-23/h6-14,17H,4-5,15-16H2,1-3H3/p+1/b14-11+. The molecular formula is C23H28N3O2S+. The largest absolute Gasteiger partial charge is 0.497 e. The Hall–Kier alpha value is -2.70. The number of methoxy groups -OCH3 is 1. The maximum absolute atomic E-state index is 13.1. The zero-order valence-electron chi connectivity index (χ0n) is 17.2. The number of carbonyl (C=O) groups is 1. The minimum Gasteiger partial charge on any atom is -0.497 e. The molecule has 0 spiro atoms. The second-order valence-electron chi connectivity index (χ2n) is 6.77. The molecule has 0 saturated heterocycles. The summed E-state index contributed by atoms with van der Waals surface area (Å²) in [4.78, 5) is 21.0. The first kappa shape index (κ1) is 21.0. The Morgan fingerprint density at radius 2 is 1.93 bits per heavy atom. The van der Waals surface area contributed by atoms with E-state index in [9.17, 15) is 4.79 Å². The third kappa shape index (κ3) is 5.43. The lowest BCUT2D eigenvalue weighted by Crippen LogP contribution is -3.12. The van der Waals surface area contributed by atoms with Gasteiger partial charge in [-0.2, -0.15) is 0 Å². The van der Waals surface area contributed by atoms with Gasteiger partial charge in [0.15, 0.2) is 5.13 Å². The first-order chi connectivity index (χ1) is 14.1. The monoisotopic (exact) mass is 410 g/mol. The predicted molar refractivity (Wildman–Crippen MR) is 121 cm³/mol. The van der Waals surface area contributed by atoms with E-state index in [0.717, 1.165) is 46.3 Å². The fraction of sp³-hybridized carbons (Fsp3) is 0.304. The number of rotatable bonds is 9. The van der Waals surface area contributed by atoms with Crippen LogP contribution >= 0.6 is 11.3 Å². The fourth-order valence-corrected chi connectivity index (χ4v) is 4.16. The number of benzene rings is 2. The summed E-state index contributed by atoms with van der Waals surface area (Å²) in [6.45, 7) is 7.93. The van der Waals surface area contributed by atoms with Crippen LogP contribution in [0.2, 0.25) is 0 Å². The summed E-state index contributed by atoms with van der Waals surface area (Å²) < 4.78 is 6.33. The van der Waals surface area contributed by atoms with Gasteiger partial charge in [0.2, 0.25) is 0 Å². The van der Waals surface area contributed by atoms with Crippen LogP contribution in [-0.2, 0) is 4.79 Å². The number of anilines is 1. The molecule has 0 aliphatic carbocycles. The highest BCUT2D eigenvalue weighted by molar-refractivity contribution is 7.22. The Morgan fingerprint density at radius 3 is 2.62 bits per heavy atom. The molecule has 0 saturated carbocycles. The van der Waals surface area contributed by atoms with Gasteiger partial charge >= 0.3 is 0 Å². The molecular weight excluding hydrogens is 382 g/mol. The summed E-state index contributed by atoms with van der Waals surface area (Å²) >= 11 is 1.52. The van der Waals surface area contributed by atoms with Crippen LogP contribution in [0.1, 0.15) is 19.4 Å². The van der Waals surface area contributed by atoms with Gasteiger partial charge in [-0.1, -0.05) is 41.7 Å². The number of thiazole rings is 1. The third-order valence-corrected chi connectivity index (χ3v) is 6.03. The first-order valence-corrected chi connectivity index (χ1v) is 10.8. The van der Waals surface area contributed by atoms with E-state index in [1.54, 1.807) is 18.1 Å². The SMILES string of the molecule is CC[NH+](CC)CCN(C(=O)/C=C/c1ccccc1)c1nc2ccc(OC)cc2s1. The average Bonchev–Trinajstić information content (AvgIpc) is 3.18. The molecule has 0 radical (unpaired) electrons. The summed E-state index contributed by atoms with van der Waals surface area (Å²) in [5, 5.41) is 0.725. The van der Waals surface area contributed by atoms with Gasteiger partial charge in [0.25, 0.3) is 5.91 Å². The maximum atomic E-state index is 13.1. The van der Waals surface area contributed by atoms with Gasteiger partial charge in [-0.15, -0.1) is 0 Å². The number of nitrogens with one attached hydrogen (secondary N) is 1. The number of hydrogen-bond donors (Lipinski definition) is 1. The molecule has 6 heteroatoms. The number of fused-ring (bicyclic) bond motifs is 1. The van der Waals surface area contributed by atoms with Crippen LogP contribution < -0.4 is 14.5 Å². The van der Waals surface area contributed by atoms with Gasteiger partial charge in [-0.25, -0.2) is 4.98 Å². The van der Waals surface area contributed by atoms with Crippen molar-refractivity contribution in [2.45, 2.75) is 13.8 Å². The van der Waals surface area contributed by atoms with Crippen LogP contribution in [0.4, 0.5) is 5.13 Å². The molecule has 0 atom stereocenters. The van der Waals surface area contributed by atoms with Gasteiger partial charge < -0.3 is 9.64 Å². The summed E-state index contributed by atoms with van der Waals surface area (Å²) in [6.07, 6.45) is 3.50. The summed E-state index contributed by atoms with van der Waals surface area (Å²) in [7, 11) is 1.65. The highest BCUT2D eigenvalue weighted by Crippen LogP contribution is 2.31. The minimum atomic E-state index is -0.0496. The van der Waals surface area contributed by atoms with Crippen molar-refractivity contribution in [3.8, 4) is 5.75 Å². The van der Waals surface area contributed by atoms with E-state index in [1.165, 1.54) is 16.2 Å². The number of quaternary nitrogens is 1. The van der Waals surface area contributed by atoms with E-state index < -0.39 is 0 Å². The molecule has 5 nitrogen and oxygen atoms in total. The van der Waals surface area contributed by atoms with Crippen molar-refractivity contribution in [3.63, 3.8) is 0 Å². The van der Waals surface area contributed by atoms with Crippen molar-refractivity contribution in [1.82, 2.24) is 4.98 Å². The van der Waals surface area contributed by atoms with E-state index in [1.807, 2.05) is 54.6 Å². The van der Waals surface area contributed by atoms with Crippen LogP contribution in [0.15, 0.2) is 54.6 Å². The molecule has 1 amide bonds. The van der Waals surface area contributed by atoms with Gasteiger partial charge in [0.1, 0.15) is 5.75 Å². The van der Waals surface area contributed by atoms with Crippen molar-refractivity contribution in [1.29, 1.82) is 0 Å². The normalized spacial score (nSPS) is 11.4. The molecule has 1 heterocycles. The van der Waals surface area contributed by atoms with Crippen LogP contribution in [0.3, 0.4) is 0 Å². The summed E-state index contributed by atoms with van der Waals surface area (Å²) in [5.41, 5.74) is 1.88. The molecule has 1 N–H and O–H groups in total. The van der Waals surface area contributed by atoms with Crippen molar-refractivity contribution in [2.24, 2.45) is 0 Å². The van der Waals surface area contributed by atoms with Crippen molar-refractivity contribution >= 4 is 38.7 Å². The van der Waals surface area contributed by atoms with Crippen molar-refractivity contribution in [2.75, 3.05) is 38.2 Å². The highest BCUT2D eigenvalue weighted by Gasteiger charge is 2.20. The number of ether oxygens (including phenoxy) is 1. The lowest BCUT2D eigenvalue weighted by Gasteiger charge is -2.22. The Balaban J connectivity index is 1.87. The molecule has 0 aliphatic heterocycles. The number of likely N-dealkylation sites (N-methyl/N-ethyl adjacent to an activating group) is 1. The van der Waals surface area contributed by atoms with Crippen molar-refractivity contribution in [3.05, 3.63) is 60.2 Å². The molecule has 0 aliphatic rings. The van der Waals surface area contributed by atoms with Gasteiger partial charge in [-0.3, -0.25) is 9.69 Å². The van der Waals surface area contributed by atoms with Gasteiger partial charge in [0, 0.05) is 6.08 Å². The second kappa shape index (κ2) is 10.2. The minimum absolute atomic E-state index is 0.0496. The van der Waals surface area contributed by atoms with E-state index in [4.69, 9.17) is 9.72 Å². The van der Waals surface area contributed by atoms with E-state index in [0.29, 0.717) is 6.54 Å². The lowest BCUT2D eigenvalue weighted by atomic mass is 10.2. The topological polar surface area (TPSA) is 46.9 Å². The molecule has 0 unspecified atom stereocenters. The molecule has 1 aromatic heterocycles. The molecule has 2 aromatic carbocycles. The summed E-state index contributed by atoms with van der Waals surface area (Å²) in [6, 6.07) is 15.7. The lowest BCUT2D eigenvalue weighted by molar-refractivity contribution is -0.894. The fourth-order valence-electron chi connectivity index (χ4n) is 3.13.